The van der Waals surface area contributed by atoms with Gasteiger partial charge in [0.25, 0.3) is 23.4 Å². The zero-order valence-electron chi connectivity index (χ0n) is 58.0. The third kappa shape index (κ3) is 16.2. The van der Waals surface area contributed by atoms with Crippen LogP contribution in [0, 0.1) is 11.6 Å². The van der Waals surface area contributed by atoms with E-state index in [9.17, 15) is 38.2 Å². The van der Waals surface area contributed by atoms with Gasteiger partial charge in [0.2, 0.25) is 0 Å². The molecule has 13 rings (SSSR count). The molecule has 0 saturated heterocycles. The number of phenolic OH excluding ortho intramolecular Hbond substituents is 2. The zero-order valence-corrected chi connectivity index (χ0v) is 62.3. The molecule has 22 heteroatoms. The Hall–Kier alpha value is -9.82. The van der Waals surface area contributed by atoms with Crippen molar-refractivity contribution in [1.82, 2.24) is 30.0 Å². The van der Waals surface area contributed by atoms with Crippen molar-refractivity contribution in [2.45, 2.75) is 117 Å². The molecule has 6 heterocycles. The van der Waals surface area contributed by atoms with E-state index < -0.39 is 35.0 Å². The number of aromatic hydroxyl groups is 2. The Bertz CT molecular complexity index is 4550. The van der Waals surface area contributed by atoms with Crippen LogP contribution in [0.5, 0.6) is 23.0 Å². The van der Waals surface area contributed by atoms with Gasteiger partial charge >= 0.3 is 0 Å². The number of nitrogens with zero attached hydrogens (tertiary/aromatic N) is 10. The van der Waals surface area contributed by atoms with Crippen LogP contribution in [-0.2, 0) is 86.4 Å². The maximum atomic E-state index is 14.1. The van der Waals surface area contributed by atoms with Crippen molar-refractivity contribution in [3.63, 3.8) is 0 Å². The maximum absolute atomic E-state index is 14.1. The molecule has 0 unspecified atom stereocenters. The molecule has 18 nitrogen and oxygen atoms in total. The van der Waals surface area contributed by atoms with Crippen LogP contribution in [0.2, 0.25) is 0 Å². The average Bonchev–Trinajstić information content (AvgIpc) is 1.42. The van der Waals surface area contributed by atoms with Crippen molar-refractivity contribution in [2.24, 2.45) is 14.1 Å². The summed E-state index contributed by atoms with van der Waals surface area (Å²) in [6.07, 6.45) is 21.6. The molecule has 0 fully saturated rings. The number of anilines is 2. The molecule has 0 atom stereocenters. The van der Waals surface area contributed by atoms with E-state index in [1.807, 2.05) is 96.5 Å². The number of carbonyl (C=O) groups is 4. The standard InChI is InChI=1S/C80H76F2N10O8.2HI/c1-79(2,3)61-39-57-35-53-31-51(13-11-49-19-25-87(7)26-20-49)33-55(71(53)93)37-59-41-62(80(4,5)6)42-60(76(59)100-30-10-24-90-46-66(84-86-90)48-92-70-18-16-64(82)44-68(70)74(96)78(92)98)38-56-34-52(14-12-50-21-27-88(8)28-22-50)32-54(72(56)94)36-58(40-61)75(57)99-29-9-23-89-45-65(83-85-89)47-91-69-17-15-63(81)43-67(69)73(95)77(91)97;;/h11-22,25-28,31-34,39-46H,9-10,23-24,29-30,35-38,47-48H2,1-8H3;2*1H. The molecular weight excluding hydrogens is 1520 g/mol. The number of rotatable bonds is 18. The van der Waals surface area contributed by atoms with Gasteiger partial charge in [-0.3, -0.25) is 38.3 Å². The molecule has 0 saturated carbocycles. The maximum Gasteiger partial charge on any atom is 0.299 e. The van der Waals surface area contributed by atoms with E-state index in [1.165, 1.54) is 34.1 Å². The number of aromatic nitrogens is 8. The molecule has 2 aliphatic heterocycles. The van der Waals surface area contributed by atoms with E-state index in [4.69, 9.17) is 9.47 Å². The summed E-state index contributed by atoms with van der Waals surface area (Å²) in [6.45, 7) is 14.1. The Morgan fingerprint density at radius 3 is 1.14 bits per heavy atom. The lowest BCUT2D eigenvalue weighted by Crippen LogP contribution is -3.00. The quantitative estimate of drug-likeness (QED) is 0.0426. The Balaban J connectivity index is 0.00000523. The van der Waals surface area contributed by atoms with Crippen LogP contribution in [0.3, 0.4) is 0 Å². The highest BCUT2D eigenvalue weighted by Gasteiger charge is 2.38. The number of hydrogen-bond donors (Lipinski definition) is 2. The normalized spacial score (nSPS) is 13.6. The molecule has 3 aliphatic rings. The van der Waals surface area contributed by atoms with Crippen LogP contribution in [0.1, 0.15) is 164 Å². The first-order valence-electron chi connectivity index (χ1n) is 33.5. The molecule has 0 spiro atoms. The molecule has 2 amide bonds. The van der Waals surface area contributed by atoms with Gasteiger partial charge in [-0.25, -0.2) is 17.9 Å². The molecule has 4 aromatic heterocycles. The minimum atomic E-state index is -0.777. The number of amides is 2. The minimum Gasteiger partial charge on any atom is -1.00 e. The van der Waals surface area contributed by atoms with Gasteiger partial charge in [0.15, 0.2) is 24.8 Å². The van der Waals surface area contributed by atoms with E-state index in [2.05, 4.69) is 111 Å². The third-order valence-corrected chi connectivity index (χ3v) is 18.5. The SMILES string of the molecule is C[n+]1ccc(/C=C/c2cc3c(O)c(c2)Cc2cc(C(C)(C)C)cc(c2OCCCn2cc(CN4C(=O)C(=O)c5cc(F)ccc54)nn2)Cc2cc(/C=C/c4cc[n+](C)cc4)cc(c2O)Cc2cc(C(C)(C)C)cc(c2OCCCn2cc(CN4C(=O)C(=O)c5cc(F)ccc54)nn2)C3)cc1.[I-].[I-]. The first kappa shape index (κ1) is 73.4. The van der Waals surface area contributed by atoms with Gasteiger partial charge in [-0.2, -0.15) is 0 Å². The Kier molecular flexibility index (Phi) is 21.9. The molecule has 1 aliphatic carbocycles. The highest BCUT2D eigenvalue weighted by Crippen LogP contribution is 2.43. The first-order chi connectivity index (χ1) is 47.8. The van der Waals surface area contributed by atoms with Crippen LogP contribution < -0.4 is 76.4 Å². The number of ketones is 2. The van der Waals surface area contributed by atoms with Crippen molar-refractivity contribution in [2.75, 3.05) is 23.0 Å². The van der Waals surface area contributed by atoms with E-state index in [1.54, 1.807) is 21.8 Å². The number of ether oxygens (including phenoxy) is 2. The number of halogens is 4. The fourth-order valence-corrected chi connectivity index (χ4v) is 13.1. The summed E-state index contributed by atoms with van der Waals surface area (Å²) < 4.78 is 49.7. The summed E-state index contributed by atoms with van der Waals surface area (Å²) in [5, 5.41) is 43.5. The Morgan fingerprint density at radius 2 is 0.804 bits per heavy atom. The lowest BCUT2D eigenvalue weighted by atomic mass is 9.81. The van der Waals surface area contributed by atoms with Crippen molar-refractivity contribution < 1.29 is 105 Å². The Morgan fingerprint density at radius 1 is 0.471 bits per heavy atom. The second-order valence-corrected chi connectivity index (χ2v) is 28.2. The number of phenols is 2. The fourth-order valence-electron chi connectivity index (χ4n) is 13.1. The van der Waals surface area contributed by atoms with E-state index in [0.717, 1.165) is 67.8 Å². The summed E-state index contributed by atoms with van der Waals surface area (Å²) in [5.41, 5.74) is 12.6. The van der Waals surface area contributed by atoms with Crippen LogP contribution >= 0.6 is 0 Å². The molecule has 524 valence electrons. The van der Waals surface area contributed by atoms with E-state index >= 15 is 0 Å². The summed E-state index contributed by atoms with van der Waals surface area (Å²) >= 11 is 0. The van der Waals surface area contributed by atoms with Crippen LogP contribution in [0.4, 0.5) is 20.2 Å². The fraction of sp³-hybridized carbons (Fsp3) is 0.275. The molecule has 0 radical (unpaired) electrons. The lowest BCUT2D eigenvalue weighted by Gasteiger charge is -2.26. The molecule has 10 aromatic rings. The van der Waals surface area contributed by atoms with Crippen LogP contribution in [0.25, 0.3) is 24.3 Å². The minimum absolute atomic E-state index is 0. The lowest BCUT2D eigenvalue weighted by molar-refractivity contribution is -0.671. The van der Waals surface area contributed by atoms with Gasteiger partial charge in [0.05, 0.1) is 61.2 Å². The number of Topliss-reactive ketones (excluding diaryl/α,β-unsaturated/α-hetero) is 2. The van der Waals surface area contributed by atoms with Crippen molar-refractivity contribution >= 4 is 59.1 Å². The zero-order chi connectivity index (χ0) is 70.3. The highest BCUT2D eigenvalue weighted by molar-refractivity contribution is 6.52. The number of benzene rings is 6. The Labute approximate surface area is 625 Å². The highest BCUT2D eigenvalue weighted by atomic mass is 127. The number of fused-ring (bicyclic) bond motifs is 10. The first-order valence-corrected chi connectivity index (χ1v) is 33.5. The predicted molar refractivity (Wildman–Crippen MR) is 375 cm³/mol. The van der Waals surface area contributed by atoms with Gasteiger partial charge in [0, 0.05) is 75.9 Å². The number of aryl methyl sites for hydroxylation is 4. The average molecular weight is 1600 g/mol. The van der Waals surface area contributed by atoms with E-state index in [-0.39, 0.29) is 133 Å². The smallest absolute Gasteiger partial charge is 0.299 e. The van der Waals surface area contributed by atoms with Crippen LogP contribution in [0.15, 0.2) is 146 Å². The van der Waals surface area contributed by atoms with Gasteiger partial charge in [-0.1, -0.05) is 101 Å². The van der Waals surface area contributed by atoms with E-state index in [0.29, 0.717) is 82.4 Å². The number of carbonyl (C=O) groups excluding carboxylic acids is 4. The van der Waals surface area contributed by atoms with Crippen molar-refractivity contribution in [3.8, 4) is 23.0 Å². The second kappa shape index (κ2) is 30.4. The molecular formula is C80H78F2I2N10O8. The summed E-state index contributed by atoms with van der Waals surface area (Å²) in [7, 11) is 3.95. The topological polar surface area (TPSA) is 203 Å². The second-order valence-electron chi connectivity index (χ2n) is 28.2. The summed E-state index contributed by atoms with van der Waals surface area (Å²) in [5.74, 6) is -2.82. The van der Waals surface area contributed by atoms with Gasteiger partial charge in [-0.05, 0) is 149 Å². The molecule has 8 bridgehead atoms. The van der Waals surface area contributed by atoms with Gasteiger partial charge in [0.1, 0.15) is 60.1 Å². The molecule has 2 N–H and O–H groups in total. The van der Waals surface area contributed by atoms with Gasteiger partial charge < -0.3 is 67.6 Å². The third-order valence-electron chi connectivity index (χ3n) is 18.5. The van der Waals surface area contributed by atoms with Crippen molar-refractivity contribution in [1.29, 1.82) is 0 Å². The predicted octanol–water partition coefficient (Wildman–Crippen LogP) is 6.23. The number of pyridine rings is 2. The van der Waals surface area contributed by atoms with Crippen molar-refractivity contribution in [3.05, 3.63) is 258 Å². The summed E-state index contributed by atoms with van der Waals surface area (Å²) in [6, 6.07) is 32.4. The largest absolute Gasteiger partial charge is 1.00 e. The molecule has 6 aromatic carbocycles. The summed E-state index contributed by atoms with van der Waals surface area (Å²) in [4.78, 5) is 54.4. The molecule has 102 heavy (non-hydrogen) atoms. The monoisotopic (exact) mass is 1600 g/mol. The number of hydrogen-bond acceptors (Lipinski definition) is 12. The van der Waals surface area contributed by atoms with Gasteiger partial charge in [-0.15, -0.1) is 10.2 Å². The van der Waals surface area contributed by atoms with Crippen LogP contribution in [-0.4, -0.2) is 76.8 Å².